The highest BCUT2D eigenvalue weighted by molar-refractivity contribution is 9.10. The van der Waals surface area contributed by atoms with E-state index in [1.807, 2.05) is 0 Å². The Morgan fingerprint density at radius 2 is 2.22 bits per heavy atom. The Bertz CT molecular complexity index is 361. The second-order valence-corrected chi connectivity index (χ2v) is 4.65. The van der Waals surface area contributed by atoms with Gasteiger partial charge in [-0.15, -0.1) is 0 Å². The summed E-state index contributed by atoms with van der Waals surface area (Å²) in [4.78, 5) is 0. The van der Waals surface area contributed by atoms with Crippen molar-refractivity contribution in [2.75, 3.05) is 20.3 Å². The Balaban J connectivity index is 2.49. The molecule has 1 aromatic heterocycles. The Morgan fingerprint density at radius 3 is 2.67 bits per heavy atom. The lowest BCUT2D eigenvalue weighted by molar-refractivity contribution is -0.174. The summed E-state index contributed by atoms with van der Waals surface area (Å²) in [5.74, 6) is 0. The molecule has 1 heterocycles. The molecule has 0 aliphatic rings. The summed E-state index contributed by atoms with van der Waals surface area (Å²) >= 11 is 3.36. The van der Waals surface area contributed by atoms with E-state index < -0.39 is 12.8 Å². The molecule has 0 spiro atoms. The fourth-order valence-electron chi connectivity index (χ4n) is 1.62. The van der Waals surface area contributed by atoms with Gasteiger partial charge >= 0.3 is 6.18 Å². The molecule has 0 saturated heterocycles. The van der Waals surface area contributed by atoms with E-state index in [1.54, 1.807) is 25.0 Å². The molecule has 0 aliphatic heterocycles. The normalized spacial score (nSPS) is 13.9. The lowest BCUT2D eigenvalue weighted by Crippen LogP contribution is -2.23. The van der Waals surface area contributed by atoms with E-state index in [0.717, 1.165) is 10.2 Å². The second kappa shape index (κ2) is 6.53. The smallest absolute Gasteiger partial charge is 0.372 e. The number of hydrogen-bond acceptors (Lipinski definition) is 3. The van der Waals surface area contributed by atoms with E-state index >= 15 is 0 Å². The zero-order valence-electron chi connectivity index (χ0n) is 10.1. The van der Waals surface area contributed by atoms with Crippen LogP contribution in [0.5, 0.6) is 0 Å². The molecule has 0 saturated carbocycles. The van der Waals surface area contributed by atoms with Crippen LogP contribution in [0.3, 0.4) is 0 Å². The number of nitrogens with one attached hydrogen (secondary N) is 1. The van der Waals surface area contributed by atoms with Gasteiger partial charge in [-0.2, -0.15) is 18.3 Å². The molecule has 1 atom stereocenters. The fourth-order valence-corrected chi connectivity index (χ4v) is 2.24. The molecule has 0 amide bonds. The maximum absolute atomic E-state index is 11.9. The average Bonchev–Trinajstić information content (AvgIpc) is 2.59. The number of aromatic nitrogens is 2. The molecule has 0 aliphatic carbocycles. The average molecular weight is 330 g/mol. The van der Waals surface area contributed by atoms with Gasteiger partial charge in [-0.05, 0) is 29.4 Å². The van der Waals surface area contributed by atoms with Crippen LogP contribution in [0.15, 0.2) is 10.7 Å². The molecule has 1 rings (SSSR count). The van der Waals surface area contributed by atoms with Crippen LogP contribution in [0, 0.1) is 0 Å². The molecule has 0 radical (unpaired) electrons. The van der Waals surface area contributed by atoms with E-state index in [9.17, 15) is 13.2 Å². The Labute approximate surface area is 112 Å². The van der Waals surface area contributed by atoms with Crippen LogP contribution in [-0.2, 0) is 11.8 Å². The molecule has 1 unspecified atom stereocenters. The van der Waals surface area contributed by atoms with E-state index in [2.05, 4.69) is 31.1 Å². The molecule has 0 fully saturated rings. The minimum atomic E-state index is -4.28. The summed E-state index contributed by atoms with van der Waals surface area (Å²) in [6, 6.07) is -0.111. The first-order valence-corrected chi connectivity index (χ1v) is 6.13. The maximum atomic E-state index is 11.9. The lowest BCUT2D eigenvalue weighted by atomic mass is 10.1. The van der Waals surface area contributed by atoms with Gasteiger partial charge in [0.05, 0.1) is 22.4 Å². The van der Waals surface area contributed by atoms with Crippen LogP contribution < -0.4 is 5.32 Å². The zero-order valence-corrected chi connectivity index (χ0v) is 11.7. The molecular weight excluding hydrogens is 315 g/mol. The topological polar surface area (TPSA) is 39.1 Å². The van der Waals surface area contributed by atoms with Gasteiger partial charge in [0.2, 0.25) is 0 Å². The van der Waals surface area contributed by atoms with Crippen molar-refractivity contribution in [2.24, 2.45) is 7.05 Å². The number of rotatable bonds is 6. The van der Waals surface area contributed by atoms with Crippen LogP contribution in [-0.4, -0.2) is 36.2 Å². The first-order valence-electron chi connectivity index (χ1n) is 5.34. The van der Waals surface area contributed by atoms with Crippen LogP contribution in [0.4, 0.5) is 13.2 Å². The van der Waals surface area contributed by atoms with Crippen molar-refractivity contribution in [1.82, 2.24) is 15.1 Å². The highest BCUT2D eigenvalue weighted by Crippen LogP contribution is 2.25. The van der Waals surface area contributed by atoms with Gasteiger partial charge < -0.3 is 10.1 Å². The van der Waals surface area contributed by atoms with Crippen LogP contribution in [0.1, 0.15) is 18.2 Å². The third kappa shape index (κ3) is 4.58. The fraction of sp³-hybridized carbons (Fsp3) is 0.700. The van der Waals surface area contributed by atoms with Crippen LogP contribution in [0.25, 0.3) is 0 Å². The summed E-state index contributed by atoms with van der Waals surface area (Å²) in [7, 11) is 3.52. The monoisotopic (exact) mass is 329 g/mol. The zero-order chi connectivity index (χ0) is 13.8. The lowest BCUT2D eigenvalue weighted by Gasteiger charge is -2.17. The minimum Gasteiger partial charge on any atom is -0.372 e. The van der Waals surface area contributed by atoms with Gasteiger partial charge in [-0.3, -0.25) is 4.68 Å². The predicted octanol–water partition coefficient (Wildman–Crippen LogP) is 2.41. The third-order valence-corrected chi connectivity index (χ3v) is 3.04. The highest BCUT2D eigenvalue weighted by Gasteiger charge is 2.27. The van der Waals surface area contributed by atoms with Crippen molar-refractivity contribution >= 4 is 15.9 Å². The molecule has 4 nitrogen and oxygen atoms in total. The van der Waals surface area contributed by atoms with Gasteiger partial charge in [-0.1, -0.05) is 0 Å². The number of halogens is 4. The second-order valence-electron chi connectivity index (χ2n) is 3.80. The van der Waals surface area contributed by atoms with Crippen LogP contribution >= 0.6 is 15.9 Å². The van der Waals surface area contributed by atoms with Crippen molar-refractivity contribution in [3.8, 4) is 0 Å². The first-order chi connectivity index (χ1) is 8.35. The van der Waals surface area contributed by atoms with E-state index in [1.165, 1.54) is 0 Å². The van der Waals surface area contributed by atoms with Gasteiger partial charge in [0.25, 0.3) is 0 Å². The number of aryl methyl sites for hydroxylation is 1. The summed E-state index contributed by atoms with van der Waals surface area (Å²) in [6.45, 7) is -1.18. The maximum Gasteiger partial charge on any atom is 0.411 e. The van der Waals surface area contributed by atoms with Crippen molar-refractivity contribution in [2.45, 2.75) is 18.6 Å². The van der Waals surface area contributed by atoms with Gasteiger partial charge in [0.15, 0.2) is 0 Å². The van der Waals surface area contributed by atoms with Gasteiger partial charge in [0, 0.05) is 13.7 Å². The SMILES string of the molecule is CNC(CCOCC(F)(F)F)c1c(Br)cnn1C. The van der Waals surface area contributed by atoms with Gasteiger partial charge in [-0.25, -0.2) is 0 Å². The number of ether oxygens (including phenoxy) is 1. The molecule has 8 heteroatoms. The van der Waals surface area contributed by atoms with E-state index in [-0.39, 0.29) is 12.6 Å². The third-order valence-electron chi connectivity index (χ3n) is 2.43. The van der Waals surface area contributed by atoms with Crippen molar-refractivity contribution in [3.05, 3.63) is 16.4 Å². The Kier molecular flexibility index (Phi) is 5.61. The summed E-state index contributed by atoms with van der Waals surface area (Å²) < 4.78 is 42.8. The summed E-state index contributed by atoms with van der Waals surface area (Å²) in [6.07, 6.45) is -2.19. The molecule has 0 aromatic carbocycles. The largest absolute Gasteiger partial charge is 0.411 e. The highest BCUT2D eigenvalue weighted by atomic mass is 79.9. The number of nitrogens with zero attached hydrogens (tertiary/aromatic N) is 2. The summed E-state index contributed by atoms with van der Waals surface area (Å²) in [5, 5.41) is 7.09. The number of hydrogen-bond donors (Lipinski definition) is 1. The molecule has 104 valence electrons. The van der Waals surface area contributed by atoms with Crippen molar-refractivity contribution in [3.63, 3.8) is 0 Å². The van der Waals surface area contributed by atoms with Crippen LogP contribution in [0.2, 0.25) is 0 Å². The van der Waals surface area contributed by atoms with Gasteiger partial charge in [0.1, 0.15) is 6.61 Å². The molecular formula is C10H15BrF3N3O. The molecule has 0 bridgehead atoms. The predicted molar refractivity (Wildman–Crippen MR) is 64.2 cm³/mol. The molecule has 1 aromatic rings. The summed E-state index contributed by atoms with van der Waals surface area (Å²) in [5.41, 5.74) is 0.883. The first kappa shape index (κ1) is 15.5. The Morgan fingerprint density at radius 1 is 1.56 bits per heavy atom. The molecule has 18 heavy (non-hydrogen) atoms. The number of alkyl halides is 3. The molecule has 1 N–H and O–H groups in total. The van der Waals surface area contributed by atoms with E-state index in [0.29, 0.717) is 6.42 Å². The van der Waals surface area contributed by atoms with Crippen molar-refractivity contribution < 1.29 is 17.9 Å². The standard InChI is InChI=1S/C10H15BrF3N3O/c1-15-8(3-4-18-6-10(12,13)14)9-7(11)5-16-17(9)2/h5,8,15H,3-4,6H2,1-2H3. The van der Waals surface area contributed by atoms with Crippen molar-refractivity contribution in [1.29, 1.82) is 0 Å². The quantitative estimate of drug-likeness (QED) is 0.814. The minimum absolute atomic E-state index is 0.0304. The van der Waals surface area contributed by atoms with E-state index in [4.69, 9.17) is 0 Å². The Hall–Kier alpha value is -0.600.